The van der Waals surface area contributed by atoms with Gasteiger partial charge in [0, 0.05) is 44.6 Å². The molecule has 3 atom stereocenters. The number of likely N-dealkylation sites (N-methyl/N-ethyl adjacent to an activating group) is 1. The zero-order valence-electron chi connectivity index (χ0n) is 22.7. The molecule has 1 heterocycles. The van der Waals surface area contributed by atoms with E-state index in [0.717, 1.165) is 18.4 Å². The van der Waals surface area contributed by atoms with Crippen molar-refractivity contribution in [3.8, 4) is 0 Å². The first-order valence-electron chi connectivity index (χ1n) is 13.3. The van der Waals surface area contributed by atoms with Crippen LogP contribution in [0.5, 0.6) is 0 Å². The highest BCUT2D eigenvalue weighted by Gasteiger charge is 2.63. The first kappa shape index (κ1) is 27.1. The van der Waals surface area contributed by atoms with Gasteiger partial charge in [-0.2, -0.15) is 10.2 Å². The largest absolute Gasteiger partial charge is 0.341 e. The Bertz CT molecular complexity index is 1150. The van der Waals surface area contributed by atoms with Gasteiger partial charge in [0.05, 0.1) is 17.2 Å². The van der Waals surface area contributed by atoms with Gasteiger partial charge < -0.3 is 9.80 Å². The average molecular weight is 513 g/mol. The van der Waals surface area contributed by atoms with E-state index in [9.17, 15) is 18.4 Å². The van der Waals surface area contributed by atoms with E-state index in [4.69, 9.17) is 0 Å². The summed E-state index contributed by atoms with van der Waals surface area (Å²) in [7, 11) is 1.49. The van der Waals surface area contributed by atoms with Crippen molar-refractivity contribution in [3.05, 3.63) is 52.6 Å². The van der Waals surface area contributed by atoms with Crippen LogP contribution >= 0.6 is 0 Å². The molecular formula is C29H38F2N4O2. The van der Waals surface area contributed by atoms with Gasteiger partial charge in [0.25, 0.3) is 0 Å². The molecular weight excluding hydrogens is 474 g/mol. The predicted octanol–water partition coefficient (Wildman–Crippen LogP) is 5.71. The predicted molar refractivity (Wildman–Crippen MR) is 139 cm³/mol. The summed E-state index contributed by atoms with van der Waals surface area (Å²) in [5.74, 6) is -0.713. The molecule has 0 aromatic heterocycles. The Morgan fingerprint density at radius 3 is 2.46 bits per heavy atom. The molecule has 1 aliphatic heterocycles. The van der Waals surface area contributed by atoms with E-state index in [1.54, 1.807) is 4.90 Å². The first-order valence-corrected chi connectivity index (χ1v) is 13.3. The third kappa shape index (κ3) is 4.75. The van der Waals surface area contributed by atoms with Gasteiger partial charge in [-0.3, -0.25) is 9.59 Å². The van der Waals surface area contributed by atoms with E-state index in [1.807, 2.05) is 31.7 Å². The number of rotatable bonds is 8. The highest BCUT2D eigenvalue weighted by molar-refractivity contribution is 5.85. The molecule has 0 N–H and O–H groups in total. The van der Waals surface area contributed by atoms with Gasteiger partial charge in [0.15, 0.2) is 0 Å². The van der Waals surface area contributed by atoms with Crippen molar-refractivity contribution >= 4 is 17.5 Å². The Balaban J connectivity index is 1.59. The molecule has 8 heteroatoms. The van der Waals surface area contributed by atoms with Crippen molar-refractivity contribution in [2.45, 2.75) is 47.5 Å². The number of carbonyl (C=O) groups excluding carboxylic acids is 2. The lowest BCUT2D eigenvalue weighted by molar-refractivity contribution is -0.149. The molecule has 3 unspecified atom stereocenters. The SMILES string of the molecule is CCN(CC1=C(C)C2(/C=C(\N=NC)c3c(F)cccc3F)C(C)C2CC1)C(=O)C1CN(C(=O)C(C)C)C1. The lowest BCUT2D eigenvalue weighted by Crippen LogP contribution is -2.57. The molecule has 0 bridgehead atoms. The van der Waals surface area contributed by atoms with Crippen molar-refractivity contribution < 1.29 is 18.4 Å². The number of nitrogens with zero attached hydrogens (tertiary/aromatic N) is 4. The molecule has 6 nitrogen and oxygen atoms in total. The number of benzene rings is 1. The molecule has 3 aliphatic rings. The number of halogens is 2. The zero-order chi connectivity index (χ0) is 27.1. The Hall–Kier alpha value is -2.90. The smallest absolute Gasteiger partial charge is 0.229 e. The lowest BCUT2D eigenvalue weighted by atomic mass is 9.80. The van der Waals surface area contributed by atoms with Crippen molar-refractivity contribution in [2.75, 3.05) is 33.2 Å². The normalized spacial score (nSPS) is 26.0. The Morgan fingerprint density at radius 1 is 1.24 bits per heavy atom. The van der Waals surface area contributed by atoms with Crippen LogP contribution in [0.15, 0.2) is 45.6 Å². The van der Waals surface area contributed by atoms with Crippen LogP contribution in [-0.2, 0) is 9.59 Å². The van der Waals surface area contributed by atoms with E-state index in [-0.39, 0.29) is 40.3 Å². The molecule has 37 heavy (non-hydrogen) atoms. The fourth-order valence-corrected chi connectivity index (χ4v) is 6.40. The summed E-state index contributed by atoms with van der Waals surface area (Å²) >= 11 is 0. The average Bonchev–Trinajstić information content (AvgIpc) is 3.41. The second-order valence-corrected chi connectivity index (χ2v) is 11.0. The Kier molecular flexibility index (Phi) is 7.67. The van der Waals surface area contributed by atoms with Crippen molar-refractivity contribution in [2.24, 2.45) is 39.3 Å². The highest BCUT2D eigenvalue weighted by atomic mass is 19.1. The minimum absolute atomic E-state index is 0.0685. The highest BCUT2D eigenvalue weighted by Crippen LogP contribution is 2.69. The van der Waals surface area contributed by atoms with E-state index in [0.29, 0.717) is 38.0 Å². The fraction of sp³-hybridized carbons (Fsp3) is 0.586. The standard InChI is InChI=1S/C29H38F2N4O2/c1-7-34(28(37)21-15-35(16-21)27(36)17(2)3)14-20-11-12-22-19(5)29(22,18(20)4)13-25(33-32-6)26-23(30)9-8-10-24(26)31/h8-10,13,17,19,21-22H,7,11-12,14-16H2,1-6H3/b25-13-,33-32?. The van der Waals surface area contributed by atoms with Crippen molar-refractivity contribution in [3.63, 3.8) is 0 Å². The molecule has 200 valence electrons. The van der Waals surface area contributed by atoms with E-state index < -0.39 is 11.6 Å². The lowest BCUT2D eigenvalue weighted by Gasteiger charge is -2.41. The topological polar surface area (TPSA) is 65.3 Å². The molecule has 4 rings (SSSR count). The minimum Gasteiger partial charge on any atom is -0.341 e. The van der Waals surface area contributed by atoms with Crippen LogP contribution in [0.4, 0.5) is 8.78 Å². The zero-order valence-corrected chi connectivity index (χ0v) is 22.7. The Labute approximate surface area is 218 Å². The van der Waals surface area contributed by atoms with Gasteiger partial charge in [-0.1, -0.05) is 38.0 Å². The molecule has 2 aliphatic carbocycles. The molecule has 1 saturated heterocycles. The van der Waals surface area contributed by atoms with E-state index >= 15 is 0 Å². The van der Waals surface area contributed by atoms with Gasteiger partial charge in [-0.25, -0.2) is 8.78 Å². The second-order valence-electron chi connectivity index (χ2n) is 11.0. The number of allylic oxidation sites excluding steroid dienone is 2. The number of azo groups is 1. The maximum atomic E-state index is 14.7. The summed E-state index contributed by atoms with van der Waals surface area (Å²) in [6, 6.07) is 3.81. The van der Waals surface area contributed by atoms with Gasteiger partial charge >= 0.3 is 0 Å². The summed E-state index contributed by atoms with van der Waals surface area (Å²) in [6.07, 6.45) is 3.75. The third-order valence-corrected chi connectivity index (χ3v) is 8.71. The summed E-state index contributed by atoms with van der Waals surface area (Å²) in [6.45, 7) is 12.1. The maximum absolute atomic E-state index is 14.7. The molecule has 2 fully saturated rings. The molecule has 0 radical (unpaired) electrons. The molecule has 0 spiro atoms. The molecule has 1 aromatic rings. The quantitative estimate of drug-likeness (QED) is 0.331. The summed E-state index contributed by atoms with van der Waals surface area (Å²) in [4.78, 5) is 29.1. The van der Waals surface area contributed by atoms with Gasteiger partial charge in [-0.05, 0) is 56.7 Å². The fourth-order valence-electron chi connectivity index (χ4n) is 6.40. The van der Waals surface area contributed by atoms with Crippen LogP contribution in [0.25, 0.3) is 5.70 Å². The first-order chi connectivity index (χ1) is 17.6. The number of amides is 2. The number of hydrogen-bond donors (Lipinski definition) is 0. The number of carbonyl (C=O) groups is 2. The molecule has 1 aromatic carbocycles. The second kappa shape index (κ2) is 10.5. The summed E-state index contributed by atoms with van der Waals surface area (Å²) < 4.78 is 29.3. The van der Waals surface area contributed by atoms with Crippen molar-refractivity contribution in [1.82, 2.24) is 9.80 Å². The maximum Gasteiger partial charge on any atom is 0.229 e. The van der Waals surface area contributed by atoms with Crippen LogP contribution in [-0.4, -0.2) is 54.8 Å². The van der Waals surface area contributed by atoms with Crippen molar-refractivity contribution in [1.29, 1.82) is 0 Å². The summed E-state index contributed by atoms with van der Waals surface area (Å²) in [5.41, 5.74) is 2.05. The monoisotopic (exact) mass is 512 g/mol. The Morgan fingerprint density at radius 2 is 1.89 bits per heavy atom. The third-order valence-electron chi connectivity index (χ3n) is 8.71. The molecule has 2 amide bonds. The van der Waals surface area contributed by atoms with Crippen LogP contribution < -0.4 is 0 Å². The summed E-state index contributed by atoms with van der Waals surface area (Å²) in [5, 5.41) is 8.00. The van der Waals surface area contributed by atoms with Gasteiger partial charge in [0.2, 0.25) is 11.8 Å². The van der Waals surface area contributed by atoms with Crippen LogP contribution in [0.1, 0.15) is 53.0 Å². The number of likely N-dealkylation sites (tertiary alicyclic amines) is 1. The van der Waals surface area contributed by atoms with Crippen LogP contribution in [0.3, 0.4) is 0 Å². The molecule has 1 saturated carbocycles. The van der Waals surface area contributed by atoms with Crippen LogP contribution in [0.2, 0.25) is 0 Å². The van der Waals surface area contributed by atoms with Crippen LogP contribution in [0, 0.1) is 40.7 Å². The van der Waals surface area contributed by atoms with E-state index in [1.165, 1.54) is 30.8 Å². The van der Waals surface area contributed by atoms with Gasteiger partial charge in [0.1, 0.15) is 11.6 Å². The number of fused-ring (bicyclic) bond motifs is 1. The number of hydrogen-bond acceptors (Lipinski definition) is 4. The van der Waals surface area contributed by atoms with Gasteiger partial charge in [-0.15, -0.1) is 0 Å². The van der Waals surface area contributed by atoms with E-state index in [2.05, 4.69) is 24.1 Å². The minimum atomic E-state index is -0.661.